The molecule has 0 unspecified atom stereocenters. The van der Waals surface area contributed by atoms with Gasteiger partial charge in [-0.15, -0.1) is 0 Å². The number of rotatable bonds is 3. The first-order valence-corrected chi connectivity index (χ1v) is 6.48. The number of nitrogen functional groups attached to an aromatic ring is 1. The van der Waals surface area contributed by atoms with Crippen LogP contribution in [0.5, 0.6) is 0 Å². The Bertz CT molecular complexity index is 738. The molecular weight excluding hydrogens is 320 g/mol. The number of anilines is 1. The van der Waals surface area contributed by atoms with Crippen molar-refractivity contribution in [1.29, 1.82) is 0 Å². The van der Waals surface area contributed by atoms with E-state index in [2.05, 4.69) is 4.98 Å². The normalized spacial score (nSPS) is 10.7. The van der Waals surface area contributed by atoms with Crippen LogP contribution in [0.15, 0.2) is 18.2 Å². The molecule has 0 bridgehead atoms. The zero-order valence-corrected chi connectivity index (χ0v) is 12.0. The van der Waals surface area contributed by atoms with Gasteiger partial charge in [-0.2, -0.15) is 0 Å². The van der Waals surface area contributed by atoms with Crippen LogP contribution in [0.1, 0.15) is 16.1 Å². The number of carboxylic acids is 1. The van der Waals surface area contributed by atoms with Gasteiger partial charge in [0.2, 0.25) is 0 Å². The van der Waals surface area contributed by atoms with Crippen LogP contribution in [0.2, 0.25) is 10.0 Å². The van der Waals surface area contributed by atoms with Gasteiger partial charge in [0, 0.05) is 17.1 Å². The molecule has 0 saturated carbocycles. The van der Waals surface area contributed by atoms with Crippen LogP contribution in [-0.2, 0) is 6.54 Å². The standard InChI is InChI=1S/C13H10Cl2FN3O2/c14-7-2-6(8(16)1-5(7)4-17)10-3-9(18)11(15)12(19-10)13(20)21/h1-3H,4,17H2,(H2,18,19)(H,20,21). The Hall–Kier alpha value is -1.89. The van der Waals surface area contributed by atoms with Gasteiger partial charge in [0.05, 0.1) is 16.4 Å². The third-order valence-corrected chi connectivity index (χ3v) is 3.57. The third kappa shape index (κ3) is 2.92. The molecule has 0 saturated heterocycles. The predicted octanol–water partition coefficient (Wildman–Crippen LogP) is 2.93. The number of benzene rings is 1. The van der Waals surface area contributed by atoms with Gasteiger partial charge in [0.15, 0.2) is 5.69 Å². The number of aromatic carboxylic acids is 1. The van der Waals surface area contributed by atoms with Gasteiger partial charge in [-0.05, 0) is 23.8 Å². The monoisotopic (exact) mass is 329 g/mol. The van der Waals surface area contributed by atoms with E-state index < -0.39 is 17.5 Å². The molecule has 21 heavy (non-hydrogen) atoms. The summed E-state index contributed by atoms with van der Waals surface area (Å²) in [5.41, 5.74) is 11.1. The van der Waals surface area contributed by atoms with Crippen LogP contribution < -0.4 is 11.5 Å². The molecule has 5 nitrogen and oxygen atoms in total. The van der Waals surface area contributed by atoms with Crippen molar-refractivity contribution in [3.63, 3.8) is 0 Å². The lowest BCUT2D eigenvalue weighted by Gasteiger charge is -2.10. The van der Waals surface area contributed by atoms with Crippen molar-refractivity contribution in [2.75, 3.05) is 5.73 Å². The molecule has 0 spiro atoms. The van der Waals surface area contributed by atoms with Crippen molar-refractivity contribution in [3.05, 3.63) is 45.3 Å². The Kier molecular flexibility index (Phi) is 4.32. The molecule has 0 amide bonds. The number of nitrogens with two attached hydrogens (primary N) is 2. The lowest BCUT2D eigenvalue weighted by Crippen LogP contribution is -2.06. The molecule has 1 aromatic carbocycles. The summed E-state index contributed by atoms with van der Waals surface area (Å²) in [6.45, 7) is 0.0760. The van der Waals surface area contributed by atoms with E-state index in [0.717, 1.165) is 0 Å². The summed E-state index contributed by atoms with van der Waals surface area (Å²) in [7, 11) is 0. The van der Waals surface area contributed by atoms with Crippen LogP contribution in [-0.4, -0.2) is 16.1 Å². The molecule has 0 aliphatic heterocycles. The Morgan fingerprint density at radius 1 is 1.33 bits per heavy atom. The highest BCUT2D eigenvalue weighted by molar-refractivity contribution is 6.35. The van der Waals surface area contributed by atoms with E-state index in [0.29, 0.717) is 5.56 Å². The molecule has 2 rings (SSSR count). The average Bonchev–Trinajstić information content (AvgIpc) is 2.43. The van der Waals surface area contributed by atoms with Gasteiger partial charge >= 0.3 is 5.97 Å². The van der Waals surface area contributed by atoms with Crippen molar-refractivity contribution < 1.29 is 14.3 Å². The first-order chi connectivity index (χ1) is 9.85. The fourth-order valence-corrected chi connectivity index (χ4v) is 2.19. The second-order valence-electron chi connectivity index (χ2n) is 4.19. The first-order valence-electron chi connectivity index (χ1n) is 5.72. The van der Waals surface area contributed by atoms with Crippen molar-refractivity contribution >= 4 is 34.9 Å². The maximum absolute atomic E-state index is 14.1. The molecular formula is C13H10Cl2FN3O2. The van der Waals surface area contributed by atoms with Crippen LogP contribution in [0.3, 0.4) is 0 Å². The van der Waals surface area contributed by atoms with E-state index in [1.807, 2.05) is 0 Å². The van der Waals surface area contributed by atoms with Gasteiger partial charge in [0.25, 0.3) is 0 Å². The molecule has 8 heteroatoms. The van der Waals surface area contributed by atoms with Crippen molar-refractivity contribution in [1.82, 2.24) is 4.98 Å². The summed E-state index contributed by atoms with van der Waals surface area (Å²) >= 11 is 11.7. The minimum atomic E-state index is -1.36. The quantitative estimate of drug-likeness (QED) is 0.803. The highest BCUT2D eigenvalue weighted by atomic mass is 35.5. The summed E-state index contributed by atoms with van der Waals surface area (Å²) in [4.78, 5) is 14.9. The highest BCUT2D eigenvalue weighted by Crippen LogP contribution is 2.32. The van der Waals surface area contributed by atoms with Gasteiger partial charge < -0.3 is 16.6 Å². The molecule has 0 atom stereocenters. The minimum Gasteiger partial charge on any atom is -0.476 e. The zero-order chi connectivity index (χ0) is 15.7. The highest BCUT2D eigenvalue weighted by Gasteiger charge is 2.18. The Morgan fingerprint density at radius 2 is 2.00 bits per heavy atom. The average molecular weight is 330 g/mol. The van der Waals surface area contributed by atoms with E-state index in [1.54, 1.807) is 0 Å². The number of pyridine rings is 1. The number of nitrogens with zero attached hydrogens (tertiary/aromatic N) is 1. The predicted molar refractivity (Wildman–Crippen MR) is 78.9 cm³/mol. The smallest absolute Gasteiger partial charge is 0.356 e. The maximum Gasteiger partial charge on any atom is 0.356 e. The summed E-state index contributed by atoms with van der Waals surface area (Å²) < 4.78 is 14.1. The second-order valence-corrected chi connectivity index (χ2v) is 4.98. The molecule has 1 heterocycles. The van der Waals surface area contributed by atoms with Gasteiger partial charge in [-0.25, -0.2) is 14.2 Å². The number of halogens is 3. The number of carboxylic acid groups (broad SMARTS) is 1. The summed E-state index contributed by atoms with van der Waals surface area (Å²) in [6.07, 6.45) is 0. The number of hydrogen-bond donors (Lipinski definition) is 3. The lowest BCUT2D eigenvalue weighted by molar-refractivity contribution is 0.0691. The van der Waals surface area contributed by atoms with Crippen molar-refractivity contribution in [3.8, 4) is 11.3 Å². The molecule has 0 fully saturated rings. The van der Waals surface area contributed by atoms with Crippen LogP contribution >= 0.6 is 23.2 Å². The minimum absolute atomic E-state index is 0.0162. The van der Waals surface area contributed by atoms with E-state index in [1.165, 1.54) is 18.2 Å². The fraction of sp³-hybridized carbons (Fsp3) is 0.0769. The van der Waals surface area contributed by atoms with Gasteiger partial charge in [0.1, 0.15) is 5.82 Å². The number of hydrogen-bond acceptors (Lipinski definition) is 4. The third-order valence-electron chi connectivity index (χ3n) is 2.82. The van der Waals surface area contributed by atoms with Crippen molar-refractivity contribution in [2.45, 2.75) is 6.54 Å². The molecule has 0 aliphatic carbocycles. The first kappa shape index (κ1) is 15.5. The van der Waals surface area contributed by atoms with E-state index >= 15 is 0 Å². The van der Waals surface area contributed by atoms with E-state index in [9.17, 15) is 9.18 Å². The Labute approximate surface area is 129 Å². The van der Waals surface area contributed by atoms with E-state index in [-0.39, 0.29) is 33.5 Å². The summed E-state index contributed by atoms with van der Waals surface area (Å²) in [6, 6.07) is 3.77. The van der Waals surface area contributed by atoms with Gasteiger partial charge in [-0.3, -0.25) is 0 Å². The largest absolute Gasteiger partial charge is 0.476 e. The lowest BCUT2D eigenvalue weighted by atomic mass is 10.1. The van der Waals surface area contributed by atoms with Crippen LogP contribution in [0.4, 0.5) is 10.1 Å². The van der Waals surface area contributed by atoms with E-state index in [4.69, 9.17) is 39.8 Å². The molecule has 0 radical (unpaired) electrons. The number of aromatic nitrogens is 1. The zero-order valence-electron chi connectivity index (χ0n) is 10.5. The fourth-order valence-electron chi connectivity index (χ4n) is 1.77. The maximum atomic E-state index is 14.1. The topological polar surface area (TPSA) is 102 Å². The van der Waals surface area contributed by atoms with Gasteiger partial charge in [-0.1, -0.05) is 23.2 Å². The molecule has 0 aliphatic rings. The molecule has 110 valence electrons. The van der Waals surface area contributed by atoms with Crippen LogP contribution in [0, 0.1) is 5.82 Å². The summed E-state index contributed by atoms with van der Waals surface area (Å²) in [5.74, 6) is -2.00. The van der Waals surface area contributed by atoms with Crippen molar-refractivity contribution in [2.24, 2.45) is 5.73 Å². The Balaban J connectivity index is 2.68. The van der Waals surface area contributed by atoms with Crippen LogP contribution in [0.25, 0.3) is 11.3 Å². The second kappa shape index (κ2) is 5.85. The molecule has 1 aromatic heterocycles. The summed E-state index contributed by atoms with van der Waals surface area (Å²) in [5, 5.41) is 9.08. The SMILES string of the molecule is NCc1cc(F)c(-c2cc(N)c(Cl)c(C(=O)O)n2)cc1Cl. The Morgan fingerprint density at radius 3 is 2.57 bits per heavy atom. The molecule has 2 aromatic rings. The molecule has 5 N–H and O–H groups in total. The number of carbonyl (C=O) groups is 1.